The summed E-state index contributed by atoms with van der Waals surface area (Å²) in [6.07, 6.45) is -0.537. The number of hydrogen-bond donors (Lipinski definition) is 2. The first-order valence-electron chi connectivity index (χ1n) is 10.0. The summed E-state index contributed by atoms with van der Waals surface area (Å²) in [5.41, 5.74) is -0.406. The summed E-state index contributed by atoms with van der Waals surface area (Å²) in [5, 5.41) is 10.4. The number of carbonyl (C=O) groups excluding carboxylic acids is 1. The molecule has 0 aliphatic carbocycles. The Morgan fingerprint density at radius 2 is 1.82 bits per heavy atom. The van der Waals surface area contributed by atoms with E-state index in [1.165, 1.54) is 18.0 Å². The third kappa shape index (κ3) is 4.45. The van der Waals surface area contributed by atoms with Gasteiger partial charge >= 0.3 is 0 Å². The van der Waals surface area contributed by atoms with Crippen LogP contribution in [0.4, 0.5) is 14.5 Å². The minimum atomic E-state index is -4.59. The smallest absolute Gasteiger partial charge is 0.265 e. The molecule has 1 amide bonds. The molecule has 1 atom stereocenters. The van der Waals surface area contributed by atoms with Crippen LogP contribution in [0.5, 0.6) is 11.5 Å². The monoisotopic (exact) mass is 552 g/mol. The fourth-order valence-electron chi connectivity index (χ4n) is 3.67. The summed E-state index contributed by atoms with van der Waals surface area (Å²) >= 11 is 3.06. The van der Waals surface area contributed by atoms with Gasteiger partial charge in [0.05, 0.1) is 16.7 Å². The molecule has 0 saturated carbocycles. The molecule has 0 saturated heterocycles. The molecule has 3 aromatic rings. The molecule has 0 fully saturated rings. The van der Waals surface area contributed by atoms with Crippen molar-refractivity contribution in [1.82, 2.24) is 4.90 Å². The lowest BCUT2D eigenvalue weighted by Gasteiger charge is -2.24. The highest BCUT2D eigenvalue weighted by molar-refractivity contribution is 9.10. The van der Waals surface area contributed by atoms with Gasteiger partial charge in [-0.2, -0.15) is 0 Å². The van der Waals surface area contributed by atoms with Crippen molar-refractivity contribution in [2.75, 3.05) is 18.3 Å². The average molecular weight is 553 g/mol. The van der Waals surface area contributed by atoms with Crippen LogP contribution in [0, 0.1) is 11.6 Å². The molecule has 1 aliphatic heterocycles. The molecule has 0 spiro atoms. The van der Waals surface area contributed by atoms with Crippen molar-refractivity contribution < 1.29 is 31.8 Å². The summed E-state index contributed by atoms with van der Waals surface area (Å²) in [5.74, 6) is -3.01. The van der Waals surface area contributed by atoms with E-state index in [0.29, 0.717) is 6.07 Å². The Morgan fingerprint density at radius 3 is 2.56 bits per heavy atom. The van der Waals surface area contributed by atoms with Crippen LogP contribution in [0.2, 0.25) is 0 Å². The van der Waals surface area contributed by atoms with Crippen molar-refractivity contribution >= 4 is 37.5 Å². The standard InChI is InChI=1S/C23H19BrF2N2O5S/c1-12-11-28(2)23(30)13-7-16(24)22(29)21(8-13)34(31,32)27-19-9-15(17(25)10-18(19)26)14-5-3-4-6-20(14)33-12/h3-10,12,27,29H,11H2,1-2H3/t12-/m0/s1. The summed E-state index contributed by atoms with van der Waals surface area (Å²) in [6, 6.07) is 10.3. The highest BCUT2D eigenvalue weighted by atomic mass is 79.9. The number of para-hydroxylation sites is 1. The molecule has 0 radical (unpaired) electrons. The van der Waals surface area contributed by atoms with Crippen molar-refractivity contribution in [2.45, 2.75) is 17.9 Å². The topological polar surface area (TPSA) is 95.9 Å². The second-order valence-electron chi connectivity index (χ2n) is 7.83. The molecule has 1 heterocycles. The first kappa shape index (κ1) is 24.0. The maximum absolute atomic E-state index is 14.8. The van der Waals surface area contributed by atoms with E-state index < -0.39 is 50.0 Å². The van der Waals surface area contributed by atoms with Crippen LogP contribution in [-0.4, -0.2) is 44.0 Å². The Kier molecular flexibility index (Phi) is 6.26. The zero-order valence-corrected chi connectivity index (χ0v) is 20.4. The highest BCUT2D eigenvalue weighted by Crippen LogP contribution is 2.38. The normalized spacial score (nSPS) is 17.6. The van der Waals surface area contributed by atoms with Crippen LogP contribution in [0.15, 0.2) is 57.9 Å². The van der Waals surface area contributed by atoms with E-state index in [-0.39, 0.29) is 33.5 Å². The third-order valence-corrected chi connectivity index (χ3v) is 7.23. The van der Waals surface area contributed by atoms with Crippen LogP contribution in [-0.2, 0) is 10.0 Å². The quantitative estimate of drug-likeness (QED) is 0.419. The van der Waals surface area contributed by atoms with Gasteiger partial charge in [0.2, 0.25) is 0 Å². The molecule has 0 aromatic heterocycles. The summed E-state index contributed by atoms with van der Waals surface area (Å²) in [7, 11) is -3.08. The van der Waals surface area contributed by atoms with Gasteiger partial charge in [-0.25, -0.2) is 17.2 Å². The van der Waals surface area contributed by atoms with Crippen LogP contribution in [0.3, 0.4) is 0 Å². The minimum absolute atomic E-state index is 0.0321. The Morgan fingerprint density at radius 1 is 1.12 bits per heavy atom. The Hall–Kier alpha value is -3.18. The second-order valence-corrected chi connectivity index (χ2v) is 10.3. The van der Waals surface area contributed by atoms with Gasteiger partial charge in [0.1, 0.15) is 34.1 Å². The van der Waals surface area contributed by atoms with Gasteiger partial charge < -0.3 is 14.7 Å². The molecular weight excluding hydrogens is 534 g/mol. The van der Waals surface area contributed by atoms with E-state index in [9.17, 15) is 27.1 Å². The number of carbonyl (C=O) groups is 1. The van der Waals surface area contributed by atoms with Crippen LogP contribution >= 0.6 is 15.9 Å². The van der Waals surface area contributed by atoms with Gasteiger partial charge in [-0.15, -0.1) is 0 Å². The lowest BCUT2D eigenvalue weighted by Crippen LogP contribution is -2.35. The Bertz CT molecular complexity index is 1410. The molecule has 11 heteroatoms. The van der Waals surface area contributed by atoms with Crippen LogP contribution in [0.1, 0.15) is 17.3 Å². The highest BCUT2D eigenvalue weighted by Gasteiger charge is 2.27. The number of ether oxygens (including phenoxy) is 1. The van der Waals surface area contributed by atoms with Gasteiger partial charge in [-0.05, 0) is 47.1 Å². The number of aromatic hydroxyl groups is 1. The van der Waals surface area contributed by atoms with Gasteiger partial charge in [0, 0.05) is 29.8 Å². The number of nitrogens with zero attached hydrogens (tertiary/aromatic N) is 1. The van der Waals surface area contributed by atoms with E-state index >= 15 is 0 Å². The minimum Gasteiger partial charge on any atom is -0.505 e. The SMILES string of the molecule is C[C@H]1CN(C)C(=O)c2cc(Br)c(O)c(c2)S(=O)(=O)Nc2cc(c(F)cc2F)-c2ccccc2O1. The van der Waals surface area contributed by atoms with E-state index in [4.69, 9.17) is 4.74 Å². The maximum Gasteiger partial charge on any atom is 0.265 e. The van der Waals surface area contributed by atoms with Gasteiger partial charge in [0.15, 0.2) is 0 Å². The molecule has 3 aromatic carbocycles. The molecule has 4 bridgehead atoms. The van der Waals surface area contributed by atoms with Crippen LogP contribution < -0.4 is 9.46 Å². The van der Waals surface area contributed by atoms with E-state index in [2.05, 4.69) is 15.9 Å². The fourth-order valence-corrected chi connectivity index (χ4v) is 5.46. The van der Waals surface area contributed by atoms with Gasteiger partial charge in [0.25, 0.3) is 15.9 Å². The van der Waals surface area contributed by atoms with Crippen LogP contribution in [0.25, 0.3) is 11.1 Å². The van der Waals surface area contributed by atoms with Crippen molar-refractivity contribution in [1.29, 1.82) is 0 Å². The number of halogens is 3. The van der Waals surface area contributed by atoms with Gasteiger partial charge in [-0.1, -0.05) is 18.2 Å². The zero-order valence-electron chi connectivity index (χ0n) is 18.0. The van der Waals surface area contributed by atoms with Crippen molar-refractivity contribution in [2.24, 2.45) is 0 Å². The number of benzene rings is 3. The predicted octanol–water partition coefficient (Wildman–Crippen LogP) is 4.75. The number of anilines is 1. The first-order valence-corrected chi connectivity index (χ1v) is 12.3. The lowest BCUT2D eigenvalue weighted by molar-refractivity contribution is 0.0727. The molecular formula is C23H19BrF2N2O5S. The molecule has 178 valence electrons. The Labute approximate surface area is 203 Å². The van der Waals surface area contributed by atoms with Gasteiger partial charge in [-0.3, -0.25) is 9.52 Å². The zero-order chi connectivity index (χ0) is 24.8. The average Bonchev–Trinajstić information content (AvgIpc) is 2.76. The number of amides is 1. The second kappa shape index (κ2) is 8.88. The number of phenolic OH excluding ortho intramolecular Hbond substituents is 1. The third-order valence-electron chi connectivity index (χ3n) is 5.25. The summed E-state index contributed by atoms with van der Waals surface area (Å²) < 4.78 is 63.6. The molecule has 0 unspecified atom stereocenters. The fraction of sp³-hybridized carbons (Fsp3) is 0.174. The summed E-state index contributed by atoms with van der Waals surface area (Å²) in [6.45, 7) is 1.83. The predicted molar refractivity (Wildman–Crippen MR) is 125 cm³/mol. The first-order chi connectivity index (χ1) is 16.0. The molecule has 7 nitrogen and oxygen atoms in total. The van der Waals surface area contributed by atoms with E-state index in [1.54, 1.807) is 31.2 Å². The molecule has 2 N–H and O–H groups in total. The largest absolute Gasteiger partial charge is 0.505 e. The maximum atomic E-state index is 14.8. The summed E-state index contributed by atoms with van der Waals surface area (Å²) in [4.78, 5) is 13.7. The van der Waals surface area contributed by atoms with Crippen molar-refractivity contribution in [3.8, 4) is 22.6 Å². The molecule has 34 heavy (non-hydrogen) atoms. The van der Waals surface area contributed by atoms with Crippen molar-refractivity contribution in [3.05, 3.63) is 70.2 Å². The number of hydrogen-bond acceptors (Lipinski definition) is 5. The Balaban J connectivity index is 1.98. The van der Waals surface area contributed by atoms with E-state index in [1.807, 2.05) is 4.72 Å². The molecule has 1 aliphatic rings. The molecule has 4 rings (SSSR count). The van der Waals surface area contributed by atoms with E-state index in [0.717, 1.165) is 12.1 Å². The number of rotatable bonds is 0. The van der Waals surface area contributed by atoms with Crippen molar-refractivity contribution in [3.63, 3.8) is 0 Å². The lowest BCUT2D eigenvalue weighted by atomic mass is 10.0. The number of phenols is 1. The number of sulfonamides is 1. The number of nitrogens with one attached hydrogen (secondary N) is 1. The number of fused-ring (bicyclic) bond motifs is 6. The number of likely N-dealkylation sites (N-methyl/N-ethyl adjacent to an activating group) is 1.